The number of carbonyl (C=O) groups is 1. The molecule has 0 radical (unpaired) electrons. The van der Waals surface area contributed by atoms with Crippen molar-refractivity contribution in [3.63, 3.8) is 0 Å². The van der Waals surface area contributed by atoms with Crippen LogP contribution in [0.4, 0.5) is 0 Å². The van der Waals surface area contributed by atoms with Gasteiger partial charge in [-0.05, 0) is 25.5 Å². The lowest BCUT2D eigenvalue weighted by atomic mass is 10.2. The minimum Gasteiger partial charge on any atom is -0.349 e. The molecule has 0 fully saturated rings. The highest BCUT2D eigenvalue weighted by Gasteiger charge is 2.10. The zero-order chi connectivity index (χ0) is 10.6. The first-order valence-electron chi connectivity index (χ1n) is 4.25. The summed E-state index contributed by atoms with van der Waals surface area (Å²) in [5.41, 5.74) is 0. The lowest BCUT2D eigenvalue weighted by Gasteiger charge is -2.10. The molecule has 0 aliphatic carbocycles. The molecule has 0 bridgehead atoms. The quantitative estimate of drug-likeness (QED) is 0.849. The van der Waals surface area contributed by atoms with Crippen LogP contribution in [0.3, 0.4) is 0 Å². The standard InChI is InChI=1S/C9H11BrClNOS/c1-6(4-5-10)12-9(13)7-2-3-8(11)14-7/h2-3,6H,4-5H2,1H3,(H,12,13). The molecule has 1 unspecified atom stereocenters. The molecule has 0 aromatic carbocycles. The number of thiophene rings is 1. The normalized spacial score (nSPS) is 12.5. The number of hydrogen-bond donors (Lipinski definition) is 1. The molecule has 0 aliphatic rings. The molecule has 0 spiro atoms. The lowest BCUT2D eigenvalue weighted by Crippen LogP contribution is -2.32. The fraction of sp³-hybridized carbons (Fsp3) is 0.444. The van der Waals surface area contributed by atoms with Crippen LogP contribution in [0.2, 0.25) is 4.34 Å². The van der Waals surface area contributed by atoms with Gasteiger partial charge in [-0.25, -0.2) is 0 Å². The van der Waals surface area contributed by atoms with Gasteiger partial charge in [0, 0.05) is 11.4 Å². The van der Waals surface area contributed by atoms with E-state index in [2.05, 4.69) is 21.2 Å². The van der Waals surface area contributed by atoms with E-state index in [0.29, 0.717) is 9.21 Å². The maximum absolute atomic E-state index is 11.6. The third-order valence-corrected chi connectivity index (χ3v) is 3.40. The number of halogens is 2. The molecule has 0 aliphatic heterocycles. The van der Waals surface area contributed by atoms with E-state index in [4.69, 9.17) is 11.6 Å². The van der Waals surface area contributed by atoms with Crippen LogP contribution in [0, 0.1) is 0 Å². The molecule has 1 rings (SSSR count). The van der Waals surface area contributed by atoms with Crippen LogP contribution in [0.1, 0.15) is 23.0 Å². The van der Waals surface area contributed by atoms with E-state index in [1.54, 1.807) is 12.1 Å². The smallest absolute Gasteiger partial charge is 0.261 e. The minimum atomic E-state index is -0.0460. The summed E-state index contributed by atoms with van der Waals surface area (Å²) >= 11 is 10.4. The van der Waals surface area contributed by atoms with Gasteiger partial charge in [0.1, 0.15) is 0 Å². The summed E-state index contributed by atoms with van der Waals surface area (Å²) in [5.74, 6) is -0.0460. The molecule has 0 saturated heterocycles. The van der Waals surface area contributed by atoms with Crippen LogP contribution in [-0.2, 0) is 0 Å². The van der Waals surface area contributed by atoms with E-state index >= 15 is 0 Å². The predicted molar refractivity (Wildman–Crippen MR) is 64.7 cm³/mol. The highest BCUT2D eigenvalue weighted by molar-refractivity contribution is 9.09. The van der Waals surface area contributed by atoms with Crippen LogP contribution >= 0.6 is 38.9 Å². The third-order valence-electron chi connectivity index (χ3n) is 1.72. The van der Waals surface area contributed by atoms with Crippen LogP contribution in [0.25, 0.3) is 0 Å². The average molecular weight is 297 g/mol. The van der Waals surface area contributed by atoms with Gasteiger partial charge in [-0.3, -0.25) is 4.79 Å². The summed E-state index contributed by atoms with van der Waals surface area (Å²) in [6.07, 6.45) is 0.921. The van der Waals surface area contributed by atoms with Gasteiger partial charge in [-0.2, -0.15) is 0 Å². The van der Waals surface area contributed by atoms with Gasteiger partial charge in [0.05, 0.1) is 9.21 Å². The van der Waals surface area contributed by atoms with E-state index in [0.717, 1.165) is 11.8 Å². The highest BCUT2D eigenvalue weighted by Crippen LogP contribution is 2.21. The van der Waals surface area contributed by atoms with E-state index in [1.165, 1.54) is 11.3 Å². The third kappa shape index (κ3) is 3.59. The molecular weight excluding hydrogens is 286 g/mol. The highest BCUT2D eigenvalue weighted by atomic mass is 79.9. The predicted octanol–water partition coefficient (Wildman–Crippen LogP) is 3.30. The Labute approximate surface area is 101 Å². The number of rotatable bonds is 4. The summed E-state index contributed by atoms with van der Waals surface area (Å²) in [4.78, 5) is 12.2. The van der Waals surface area contributed by atoms with E-state index < -0.39 is 0 Å². The van der Waals surface area contributed by atoms with Gasteiger partial charge in [0.25, 0.3) is 5.91 Å². The van der Waals surface area contributed by atoms with Crippen molar-refractivity contribution in [3.8, 4) is 0 Å². The molecule has 14 heavy (non-hydrogen) atoms. The molecule has 1 N–H and O–H groups in total. The Morgan fingerprint density at radius 3 is 2.93 bits per heavy atom. The number of nitrogens with one attached hydrogen (secondary N) is 1. The van der Waals surface area contributed by atoms with Gasteiger partial charge in [0.15, 0.2) is 0 Å². The molecule has 0 saturated carbocycles. The largest absolute Gasteiger partial charge is 0.349 e. The molecule has 1 aromatic rings. The van der Waals surface area contributed by atoms with Crippen LogP contribution in [0.5, 0.6) is 0 Å². The number of amides is 1. The Kier molecular flexibility index (Phi) is 4.92. The van der Waals surface area contributed by atoms with Crippen molar-refractivity contribution in [2.24, 2.45) is 0 Å². The van der Waals surface area contributed by atoms with Crippen molar-refractivity contribution in [2.75, 3.05) is 5.33 Å². The summed E-state index contributed by atoms with van der Waals surface area (Å²) in [5, 5.41) is 3.78. The fourth-order valence-corrected chi connectivity index (χ4v) is 2.60. The number of alkyl halides is 1. The maximum atomic E-state index is 11.6. The minimum absolute atomic E-state index is 0.0460. The Bertz CT molecular complexity index is 316. The lowest BCUT2D eigenvalue weighted by molar-refractivity contribution is 0.0943. The molecule has 2 nitrogen and oxygen atoms in total. The second kappa shape index (κ2) is 5.73. The van der Waals surface area contributed by atoms with Crippen molar-refractivity contribution >= 4 is 44.8 Å². The molecule has 1 heterocycles. The van der Waals surface area contributed by atoms with Gasteiger partial charge in [-0.15, -0.1) is 11.3 Å². The average Bonchev–Trinajstić information content (AvgIpc) is 2.52. The van der Waals surface area contributed by atoms with Gasteiger partial charge in [-0.1, -0.05) is 27.5 Å². The monoisotopic (exact) mass is 295 g/mol. The Hall–Kier alpha value is -0.0600. The molecular formula is C9H11BrClNOS. The van der Waals surface area contributed by atoms with Crippen molar-refractivity contribution in [1.82, 2.24) is 5.32 Å². The zero-order valence-corrected chi connectivity index (χ0v) is 10.9. The molecule has 1 atom stereocenters. The van der Waals surface area contributed by atoms with Crippen molar-refractivity contribution in [3.05, 3.63) is 21.3 Å². The summed E-state index contributed by atoms with van der Waals surface area (Å²) in [7, 11) is 0. The number of carbonyl (C=O) groups excluding carboxylic acids is 1. The van der Waals surface area contributed by atoms with E-state index in [9.17, 15) is 4.79 Å². The summed E-state index contributed by atoms with van der Waals surface area (Å²) in [6.45, 7) is 1.98. The summed E-state index contributed by atoms with van der Waals surface area (Å²) < 4.78 is 0.642. The Morgan fingerprint density at radius 1 is 1.71 bits per heavy atom. The van der Waals surface area contributed by atoms with Gasteiger partial charge < -0.3 is 5.32 Å². The van der Waals surface area contributed by atoms with Crippen molar-refractivity contribution < 1.29 is 4.79 Å². The first kappa shape index (κ1) is 12.0. The Balaban J connectivity index is 2.50. The fourth-order valence-electron chi connectivity index (χ4n) is 0.967. The second-order valence-corrected chi connectivity index (χ2v) is 5.46. The van der Waals surface area contributed by atoms with E-state index in [1.807, 2.05) is 6.92 Å². The maximum Gasteiger partial charge on any atom is 0.261 e. The first-order chi connectivity index (χ1) is 6.63. The topological polar surface area (TPSA) is 29.1 Å². The van der Waals surface area contributed by atoms with Crippen molar-refractivity contribution in [1.29, 1.82) is 0 Å². The molecule has 1 aromatic heterocycles. The summed E-state index contributed by atoms with van der Waals surface area (Å²) in [6, 6.07) is 3.65. The zero-order valence-electron chi connectivity index (χ0n) is 7.72. The molecule has 78 valence electrons. The van der Waals surface area contributed by atoms with Crippen LogP contribution in [0.15, 0.2) is 12.1 Å². The van der Waals surface area contributed by atoms with Crippen LogP contribution < -0.4 is 5.32 Å². The van der Waals surface area contributed by atoms with Crippen LogP contribution in [-0.4, -0.2) is 17.3 Å². The second-order valence-electron chi connectivity index (χ2n) is 2.96. The van der Waals surface area contributed by atoms with Gasteiger partial charge >= 0.3 is 0 Å². The Morgan fingerprint density at radius 2 is 2.43 bits per heavy atom. The van der Waals surface area contributed by atoms with E-state index in [-0.39, 0.29) is 11.9 Å². The SMILES string of the molecule is CC(CCBr)NC(=O)c1ccc(Cl)s1. The first-order valence-corrected chi connectivity index (χ1v) is 6.57. The van der Waals surface area contributed by atoms with Crippen molar-refractivity contribution in [2.45, 2.75) is 19.4 Å². The number of hydrogen-bond acceptors (Lipinski definition) is 2. The molecule has 5 heteroatoms. The molecule has 1 amide bonds. The van der Waals surface area contributed by atoms with Gasteiger partial charge in [0.2, 0.25) is 0 Å².